The monoisotopic (exact) mass is 463 g/mol. The Kier molecular flexibility index (Phi) is 7.03. The largest absolute Gasteiger partial charge is 0.338 e. The zero-order chi connectivity index (χ0) is 22.8. The lowest BCUT2D eigenvalue weighted by Gasteiger charge is -2.32. The van der Waals surface area contributed by atoms with Crippen molar-refractivity contribution in [3.8, 4) is 0 Å². The Morgan fingerprint density at radius 2 is 1.81 bits per heavy atom. The molecule has 0 spiro atoms. The molecule has 1 saturated heterocycles. The molecule has 31 heavy (non-hydrogen) atoms. The molecule has 166 valence electrons. The van der Waals surface area contributed by atoms with Crippen LogP contribution in [-0.4, -0.2) is 56.6 Å². The molecule has 2 aromatic rings. The number of halogens is 1. The van der Waals surface area contributed by atoms with E-state index in [0.717, 1.165) is 4.31 Å². The summed E-state index contributed by atoms with van der Waals surface area (Å²) in [5.41, 5.74) is 1.55. The number of nitrogens with zero attached hydrogens (tertiary/aromatic N) is 2. The van der Waals surface area contributed by atoms with Crippen LogP contribution in [0.2, 0.25) is 5.02 Å². The van der Waals surface area contributed by atoms with Gasteiger partial charge in [-0.15, -0.1) is 0 Å². The number of anilines is 1. The van der Waals surface area contributed by atoms with E-state index in [0.29, 0.717) is 47.8 Å². The Hall–Kier alpha value is -2.42. The Morgan fingerprint density at radius 3 is 2.45 bits per heavy atom. The van der Waals surface area contributed by atoms with Crippen molar-refractivity contribution in [2.45, 2.75) is 24.7 Å². The van der Waals surface area contributed by atoms with Crippen molar-refractivity contribution < 1.29 is 18.0 Å². The van der Waals surface area contributed by atoms with Gasteiger partial charge in [-0.3, -0.25) is 9.59 Å². The normalized spacial score (nSPS) is 16.9. The quantitative estimate of drug-likeness (QED) is 0.736. The fourth-order valence-electron chi connectivity index (χ4n) is 3.55. The van der Waals surface area contributed by atoms with Crippen LogP contribution < -0.4 is 5.32 Å². The number of piperidine rings is 1. The molecular weight excluding hydrogens is 438 g/mol. The van der Waals surface area contributed by atoms with Crippen molar-refractivity contribution in [2.75, 3.05) is 32.5 Å². The third-order valence-electron chi connectivity index (χ3n) is 5.38. The molecule has 1 atom stereocenters. The van der Waals surface area contributed by atoms with Crippen molar-refractivity contribution in [3.63, 3.8) is 0 Å². The van der Waals surface area contributed by atoms with E-state index in [-0.39, 0.29) is 22.6 Å². The first-order valence-corrected chi connectivity index (χ1v) is 11.8. The SMILES string of the molecule is Cc1ccc(NC(=O)C2CCCN(C(=O)c3ccc(Cl)cc3)C2)cc1S(=O)(=O)N(C)C. The molecule has 9 heteroatoms. The van der Waals surface area contributed by atoms with Gasteiger partial charge >= 0.3 is 0 Å². The van der Waals surface area contributed by atoms with Crippen LogP contribution in [0.15, 0.2) is 47.4 Å². The molecule has 0 bridgehead atoms. The number of aryl methyl sites for hydroxylation is 1. The predicted octanol–water partition coefficient (Wildman–Crippen LogP) is 3.39. The van der Waals surface area contributed by atoms with E-state index < -0.39 is 10.0 Å². The second-order valence-electron chi connectivity index (χ2n) is 7.85. The lowest BCUT2D eigenvalue weighted by molar-refractivity contribution is -0.121. The van der Waals surface area contributed by atoms with Crippen LogP contribution in [0, 0.1) is 12.8 Å². The highest BCUT2D eigenvalue weighted by atomic mass is 35.5. The number of amides is 2. The van der Waals surface area contributed by atoms with Crippen molar-refractivity contribution in [1.29, 1.82) is 0 Å². The Morgan fingerprint density at radius 1 is 1.13 bits per heavy atom. The third-order valence-corrected chi connectivity index (χ3v) is 7.59. The zero-order valence-electron chi connectivity index (χ0n) is 17.8. The van der Waals surface area contributed by atoms with Gasteiger partial charge in [0.05, 0.1) is 10.8 Å². The summed E-state index contributed by atoms with van der Waals surface area (Å²) in [4.78, 5) is 27.5. The van der Waals surface area contributed by atoms with Gasteiger partial charge < -0.3 is 10.2 Å². The van der Waals surface area contributed by atoms with E-state index in [4.69, 9.17) is 11.6 Å². The molecule has 1 N–H and O–H groups in total. The van der Waals surface area contributed by atoms with Gasteiger partial charge in [-0.25, -0.2) is 12.7 Å². The lowest BCUT2D eigenvalue weighted by atomic mass is 9.96. The van der Waals surface area contributed by atoms with Gasteiger partial charge in [-0.1, -0.05) is 17.7 Å². The average molecular weight is 464 g/mol. The van der Waals surface area contributed by atoms with E-state index in [9.17, 15) is 18.0 Å². The molecule has 1 aliphatic heterocycles. The Bertz CT molecular complexity index is 1080. The minimum atomic E-state index is -3.62. The summed E-state index contributed by atoms with van der Waals surface area (Å²) in [7, 11) is -0.692. The van der Waals surface area contributed by atoms with E-state index in [1.165, 1.54) is 20.2 Å². The first kappa shape index (κ1) is 23.2. The number of rotatable bonds is 5. The molecule has 7 nitrogen and oxygen atoms in total. The van der Waals surface area contributed by atoms with Gasteiger partial charge in [-0.05, 0) is 61.7 Å². The molecule has 1 fully saturated rings. The predicted molar refractivity (Wildman–Crippen MR) is 121 cm³/mol. The van der Waals surface area contributed by atoms with Crippen LogP contribution in [-0.2, 0) is 14.8 Å². The number of carbonyl (C=O) groups is 2. The van der Waals surface area contributed by atoms with Crippen LogP contribution >= 0.6 is 11.6 Å². The molecule has 2 amide bonds. The number of hydrogen-bond donors (Lipinski definition) is 1. The molecule has 0 aromatic heterocycles. The topological polar surface area (TPSA) is 86.8 Å². The fourth-order valence-corrected chi connectivity index (χ4v) is 4.82. The fraction of sp³-hybridized carbons (Fsp3) is 0.364. The molecule has 0 aliphatic carbocycles. The van der Waals surface area contributed by atoms with Gasteiger partial charge in [0.25, 0.3) is 5.91 Å². The summed E-state index contributed by atoms with van der Waals surface area (Å²) < 4.78 is 26.2. The van der Waals surface area contributed by atoms with Gasteiger partial charge in [0.15, 0.2) is 0 Å². The number of benzene rings is 2. The zero-order valence-corrected chi connectivity index (χ0v) is 19.3. The highest BCUT2D eigenvalue weighted by Crippen LogP contribution is 2.25. The molecule has 1 unspecified atom stereocenters. The molecule has 1 heterocycles. The number of sulfonamides is 1. The van der Waals surface area contributed by atoms with Crippen LogP contribution in [0.3, 0.4) is 0 Å². The molecular formula is C22H26ClN3O4S. The summed E-state index contributed by atoms with van der Waals surface area (Å²) in [5, 5.41) is 3.38. The number of hydrogen-bond acceptors (Lipinski definition) is 4. The lowest BCUT2D eigenvalue weighted by Crippen LogP contribution is -2.43. The molecule has 3 rings (SSSR count). The maximum Gasteiger partial charge on any atom is 0.253 e. The van der Waals surface area contributed by atoms with Crippen LogP contribution in [0.5, 0.6) is 0 Å². The summed E-state index contributed by atoms with van der Waals surface area (Å²) in [6, 6.07) is 11.5. The summed E-state index contributed by atoms with van der Waals surface area (Å²) >= 11 is 5.89. The maximum absolute atomic E-state index is 12.9. The molecule has 1 aliphatic rings. The summed E-state index contributed by atoms with van der Waals surface area (Å²) in [6.07, 6.45) is 1.37. The molecule has 0 radical (unpaired) electrons. The van der Waals surface area contributed by atoms with Gasteiger partial charge in [0, 0.05) is 43.5 Å². The highest BCUT2D eigenvalue weighted by molar-refractivity contribution is 7.89. The highest BCUT2D eigenvalue weighted by Gasteiger charge is 2.29. The smallest absolute Gasteiger partial charge is 0.253 e. The third kappa shape index (κ3) is 5.26. The standard InChI is InChI=1S/C22H26ClN3O4S/c1-15-6-11-19(13-20(15)31(29,30)25(2)3)24-21(27)17-5-4-12-26(14-17)22(28)16-7-9-18(23)10-8-16/h6-11,13,17H,4-5,12,14H2,1-3H3,(H,24,27). The first-order valence-electron chi connectivity index (χ1n) is 9.98. The van der Waals surface area contributed by atoms with Crippen LogP contribution in [0.25, 0.3) is 0 Å². The molecule has 2 aromatic carbocycles. The Balaban J connectivity index is 1.72. The maximum atomic E-state index is 12.9. The first-order chi connectivity index (χ1) is 14.6. The summed E-state index contributed by atoms with van der Waals surface area (Å²) in [5.74, 6) is -0.741. The van der Waals surface area contributed by atoms with E-state index in [1.54, 1.807) is 48.2 Å². The van der Waals surface area contributed by atoms with Crippen LogP contribution in [0.1, 0.15) is 28.8 Å². The Labute approximate surface area is 188 Å². The minimum Gasteiger partial charge on any atom is -0.338 e. The van der Waals surface area contributed by atoms with Crippen molar-refractivity contribution in [1.82, 2.24) is 9.21 Å². The van der Waals surface area contributed by atoms with Crippen molar-refractivity contribution >= 4 is 39.1 Å². The summed E-state index contributed by atoms with van der Waals surface area (Å²) in [6.45, 7) is 2.60. The van der Waals surface area contributed by atoms with Gasteiger partial charge in [0.2, 0.25) is 15.9 Å². The number of carbonyl (C=O) groups excluding carboxylic acids is 2. The minimum absolute atomic E-state index is 0.135. The molecule has 0 saturated carbocycles. The van der Waals surface area contributed by atoms with E-state index in [2.05, 4.69) is 5.32 Å². The second-order valence-corrected chi connectivity index (χ2v) is 10.4. The second kappa shape index (κ2) is 9.38. The van der Waals surface area contributed by atoms with Crippen LogP contribution in [0.4, 0.5) is 5.69 Å². The van der Waals surface area contributed by atoms with Gasteiger partial charge in [0.1, 0.15) is 0 Å². The van der Waals surface area contributed by atoms with E-state index >= 15 is 0 Å². The number of nitrogens with one attached hydrogen (secondary N) is 1. The average Bonchev–Trinajstić information content (AvgIpc) is 2.75. The van der Waals surface area contributed by atoms with E-state index in [1.807, 2.05) is 0 Å². The number of likely N-dealkylation sites (tertiary alicyclic amines) is 1. The van der Waals surface area contributed by atoms with Crippen molar-refractivity contribution in [3.05, 3.63) is 58.6 Å². The van der Waals surface area contributed by atoms with Crippen molar-refractivity contribution in [2.24, 2.45) is 5.92 Å². The van der Waals surface area contributed by atoms with Gasteiger partial charge in [-0.2, -0.15) is 0 Å².